The summed E-state index contributed by atoms with van der Waals surface area (Å²) < 4.78 is 7.55. The third-order valence-electron chi connectivity index (χ3n) is 5.16. The Morgan fingerprint density at radius 3 is 2.76 bits per heavy atom. The number of fused-ring (bicyclic) bond motifs is 1. The Balaban J connectivity index is 1.45. The molecule has 0 aliphatic carbocycles. The van der Waals surface area contributed by atoms with Gasteiger partial charge in [-0.1, -0.05) is 38.0 Å². The van der Waals surface area contributed by atoms with Gasteiger partial charge in [0.1, 0.15) is 11.6 Å². The molecule has 0 atom stereocenters. The zero-order valence-corrected chi connectivity index (χ0v) is 17.5. The molecular weight excluding hydrogens is 362 g/mol. The highest BCUT2D eigenvalue weighted by Gasteiger charge is 2.10. The van der Waals surface area contributed by atoms with Gasteiger partial charge in [-0.15, -0.1) is 0 Å². The van der Waals surface area contributed by atoms with Crippen molar-refractivity contribution in [2.75, 3.05) is 13.7 Å². The first kappa shape index (κ1) is 20.9. The van der Waals surface area contributed by atoms with Gasteiger partial charge >= 0.3 is 0 Å². The van der Waals surface area contributed by atoms with Crippen molar-refractivity contribution in [3.63, 3.8) is 0 Å². The van der Waals surface area contributed by atoms with Gasteiger partial charge in [0.25, 0.3) is 5.91 Å². The molecule has 29 heavy (non-hydrogen) atoms. The standard InChI is InChI=1S/C24H31N3O2/c1-3-4-17-27-22-14-8-7-13-21(22)26-23(27)15-6-5-9-16-25-24(28)19-11-10-12-20(18-19)29-2/h7-8,10-14,18H,3-6,9,15-17H2,1-2H3,(H,25,28). The molecule has 0 saturated heterocycles. The van der Waals surface area contributed by atoms with Crippen LogP contribution < -0.4 is 10.1 Å². The van der Waals surface area contributed by atoms with Crippen LogP contribution in [-0.2, 0) is 13.0 Å². The van der Waals surface area contributed by atoms with Crippen molar-refractivity contribution >= 4 is 16.9 Å². The fourth-order valence-corrected chi connectivity index (χ4v) is 3.54. The minimum Gasteiger partial charge on any atom is -0.497 e. The van der Waals surface area contributed by atoms with E-state index in [9.17, 15) is 4.79 Å². The van der Waals surface area contributed by atoms with Gasteiger partial charge in [0, 0.05) is 25.1 Å². The van der Waals surface area contributed by atoms with Crippen molar-refractivity contribution in [2.45, 2.75) is 52.0 Å². The van der Waals surface area contributed by atoms with Gasteiger partial charge in [0.2, 0.25) is 0 Å². The van der Waals surface area contributed by atoms with Crippen molar-refractivity contribution < 1.29 is 9.53 Å². The van der Waals surface area contributed by atoms with Crippen LogP contribution in [0, 0.1) is 0 Å². The number of nitrogens with zero attached hydrogens (tertiary/aromatic N) is 2. The molecule has 3 aromatic rings. The maximum Gasteiger partial charge on any atom is 0.251 e. The molecule has 1 N–H and O–H groups in total. The summed E-state index contributed by atoms with van der Waals surface area (Å²) in [4.78, 5) is 17.1. The van der Waals surface area contributed by atoms with Crippen LogP contribution in [0.4, 0.5) is 0 Å². The SMILES string of the molecule is CCCCn1c(CCCCCNC(=O)c2cccc(OC)c2)nc2ccccc21. The lowest BCUT2D eigenvalue weighted by molar-refractivity contribution is 0.0952. The van der Waals surface area contributed by atoms with E-state index in [0.717, 1.165) is 37.7 Å². The first-order chi connectivity index (χ1) is 14.2. The summed E-state index contributed by atoms with van der Waals surface area (Å²) in [7, 11) is 1.60. The number of carbonyl (C=O) groups excluding carboxylic acids is 1. The fraction of sp³-hybridized carbons (Fsp3) is 0.417. The average Bonchev–Trinajstić information content (AvgIpc) is 3.11. The number of imidazole rings is 1. The molecule has 0 unspecified atom stereocenters. The third-order valence-corrected chi connectivity index (χ3v) is 5.16. The Morgan fingerprint density at radius 1 is 1.07 bits per heavy atom. The van der Waals surface area contributed by atoms with Crippen LogP contribution in [-0.4, -0.2) is 29.1 Å². The van der Waals surface area contributed by atoms with Crippen molar-refractivity contribution in [1.82, 2.24) is 14.9 Å². The monoisotopic (exact) mass is 393 g/mol. The number of methoxy groups -OCH3 is 1. The van der Waals surface area contributed by atoms with Gasteiger partial charge in [-0.2, -0.15) is 0 Å². The molecule has 1 aromatic heterocycles. The lowest BCUT2D eigenvalue weighted by Gasteiger charge is -2.09. The summed E-state index contributed by atoms with van der Waals surface area (Å²) in [6, 6.07) is 15.6. The van der Waals surface area contributed by atoms with Crippen LogP contribution in [0.15, 0.2) is 48.5 Å². The Hall–Kier alpha value is -2.82. The summed E-state index contributed by atoms with van der Waals surface area (Å²) in [6.45, 7) is 3.93. The number of benzene rings is 2. The van der Waals surface area contributed by atoms with Gasteiger partial charge in [-0.05, 0) is 49.6 Å². The van der Waals surface area contributed by atoms with Gasteiger partial charge in [0.05, 0.1) is 18.1 Å². The largest absolute Gasteiger partial charge is 0.497 e. The number of unbranched alkanes of at least 4 members (excludes halogenated alkanes) is 3. The molecule has 1 amide bonds. The van der Waals surface area contributed by atoms with E-state index in [0.29, 0.717) is 17.9 Å². The van der Waals surface area contributed by atoms with E-state index in [2.05, 4.69) is 35.0 Å². The number of aromatic nitrogens is 2. The number of rotatable bonds is 11. The van der Waals surface area contributed by atoms with Crippen molar-refractivity contribution in [3.05, 3.63) is 59.9 Å². The number of ether oxygens (including phenoxy) is 1. The van der Waals surface area contributed by atoms with Crippen LogP contribution in [0.2, 0.25) is 0 Å². The Morgan fingerprint density at radius 2 is 1.93 bits per heavy atom. The van der Waals surface area contributed by atoms with E-state index in [1.54, 1.807) is 19.2 Å². The minimum absolute atomic E-state index is 0.0507. The van der Waals surface area contributed by atoms with Crippen LogP contribution in [0.3, 0.4) is 0 Å². The highest BCUT2D eigenvalue weighted by atomic mass is 16.5. The maximum absolute atomic E-state index is 12.2. The molecule has 0 saturated carbocycles. The van der Waals surface area contributed by atoms with Crippen LogP contribution in [0.25, 0.3) is 11.0 Å². The summed E-state index contributed by atoms with van der Waals surface area (Å²) >= 11 is 0. The second-order valence-electron chi connectivity index (χ2n) is 7.32. The predicted molar refractivity (Wildman–Crippen MR) is 118 cm³/mol. The molecule has 1 heterocycles. The zero-order chi connectivity index (χ0) is 20.5. The summed E-state index contributed by atoms with van der Waals surface area (Å²) in [5.41, 5.74) is 2.96. The quantitative estimate of drug-likeness (QED) is 0.467. The van der Waals surface area contributed by atoms with Gasteiger partial charge in [0.15, 0.2) is 0 Å². The molecule has 5 nitrogen and oxygen atoms in total. The van der Waals surface area contributed by atoms with E-state index in [1.807, 2.05) is 18.2 Å². The molecule has 0 bridgehead atoms. The number of nitrogens with one attached hydrogen (secondary N) is 1. The maximum atomic E-state index is 12.2. The number of hydrogen-bond donors (Lipinski definition) is 1. The molecule has 154 valence electrons. The molecule has 0 aliphatic rings. The van der Waals surface area contributed by atoms with E-state index in [1.165, 1.54) is 24.2 Å². The van der Waals surface area contributed by atoms with E-state index in [4.69, 9.17) is 9.72 Å². The summed E-state index contributed by atoms with van der Waals surface area (Å²) in [5.74, 6) is 1.83. The van der Waals surface area contributed by atoms with Crippen LogP contribution >= 0.6 is 0 Å². The fourth-order valence-electron chi connectivity index (χ4n) is 3.54. The number of amides is 1. The molecule has 0 spiro atoms. The number of para-hydroxylation sites is 2. The Bertz CT molecular complexity index is 933. The first-order valence-corrected chi connectivity index (χ1v) is 10.6. The normalized spacial score (nSPS) is 11.0. The Kier molecular flexibility index (Phi) is 7.68. The van der Waals surface area contributed by atoms with Gasteiger partial charge in [-0.25, -0.2) is 4.98 Å². The predicted octanol–water partition coefficient (Wildman–Crippen LogP) is 4.99. The number of carbonyl (C=O) groups is 1. The highest BCUT2D eigenvalue weighted by molar-refractivity contribution is 5.94. The molecule has 0 fully saturated rings. The summed E-state index contributed by atoms with van der Waals surface area (Å²) in [6.07, 6.45) is 6.43. The second-order valence-corrected chi connectivity index (χ2v) is 7.32. The smallest absolute Gasteiger partial charge is 0.251 e. The lowest BCUT2D eigenvalue weighted by atomic mass is 10.1. The topological polar surface area (TPSA) is 56.2 Å². The molecule has 0 aliphatic heterocycles. The molecule has 5 heteroatoms. The minimum atomic E-state index is -0.0507. The summed E-state index contributed by atoms with van der Waals surface area (Å²) in [5, 5.41) is 2.99. The second kappa shape index (κ2) is 10.6. The van der Waals surface area contributed by atoms with E-state index >= 15 is 0 Å². The van der Waals surface area contributed by atoms with Gasteiger partial charge < -0.3 is 14.6 Å². The molecule has 0 radical (unpaired) electrons. The van der Waals surface area contributed by atoms with Crippen molar-refractivity contribution in [2.24, 2.45) is 0 Å². The first-order valence-electron chi connectivity index (χ1n) is 10.6. The van der Waals surface area contributed by atoms with E-state index < -0.39 is 0 Å². The van der Waals surface area contributed by atoms with Crippen molar-refractivity contribution in [1.29, 1.82) is 0 Å². The molecular formula is C24H31N3O2. The Labute approximate surface area is 173 Å². The zero-order valence-electron chi connectivity index (χ0n) is 17.5. The lowest BCUT2D eigenvalue weighted by Crippen LogP contribution is -2.24. The molecule has 3 rings (SSSR count). The molecule has 2 aromatic carbocycles. The van der Waals surface area contributed by atoms with Crippen LogP contribution in [0.5, 0.6) is 5.75 Å². The van der Waals surface area contributed by atoms with Crippen LogP contribution in [0.1, 0.15) is 55.2 Å². The van der Waals surface area contributed by atoms with E-state index in [-0.39, 0.29) is 5.91 Å². The highest BCUT2D eigenvalue weighted by Crippen LogP contribution is 2.19. The average molecular weight is 394 g/mol. The van der Waals surface area contributed by atoms with Crippen molar-refractivity contribution in [3.8, 4) is 5.75 Å². The number of aryl methyl sites for hydroxylation is 2. The third kappa shape index (κ3) is 5.59. The number of hydrogen-bond acceptors (Lipinski definition) is 3. The van der Waals surface area contributed by atoms with Gasteiger partial charge in [-0.3, -0.25) is 4.79 Å².